The first-order chi connectivity index (χ1) is 8.15. The number of rotatable bonds is 7. The Hall–Kier alpha value is -1.44. The quantitative estimate of drug-likeness (QED) is 0.676. The Bertz CT molecular complexity index is 368. The van der Waals surface area contributed by atoms with Crippen LogP contribution in [0.1, 0.15) is 38.7 Å². The highest BCUT2D eigenvalue weighted by atomic mass is 16.1. The monoisotopic (exact) mass is 232 g/mol. The van der Waals surface area contributed by atoms with E-state index in [2.05, 4.69) is 0 Å². The van der Waals surface area contributed by atoms with Crippen LogP contribution in [0.15, 0.2) is 30.3 Å². The molecule has 0 aliphatic carbocycles. The summed E-state index contributed by atoms with van der Waals surface area (Å²) in [6, 6.07) is 9.73. The Morgan fingerprint density at radius 2 is 1.82 bits per heavy atom. The van der Waals surface area contributed by atoms with E-state index in [4.69, 9.17) is 0 Å². The fraction of sp³-hybridized carbons (Fsp3) is 0.467. The molecule has 0 spiro atoms. The number of benzene rings is 1. The van der Waals surface area contributed by atoms with Gasteiger partial charge in [0.2, 0.25) is 0 Å². The Morgan fingerprint density at radius 3 is 2.35 bits per heavy atom. The van der Waals surface area contributed by atoms with Crippen molar-refractivity contribution in [3.8, 4) is 0 Å². The van der Waals surface area contributed by atoms with Crippen LogP contribution in [0.3, 0.4) is 0 Å². The molecular weight excluding hydrogens is 212 g/mol. The van der Waals surface area contributed by atoms with Crippen LogP contribution >= 0.6 is 0 Å². The molecule has 2 nitrogen and oxygen atoms in total. The lowest BCUT2D eigenvalue weighted by atomic mass is 9.89. The normalized spacial score (nSPS) is 12.1. The van der Waals surface area contributed by atoms with Crippen molar-refractivity contribution in [3.05, 3.63) is 35.9 Å². The van der Waals surface area contributed by atoms with Gasteiger partial charge < -0.3 is 0 Å². The molecule has 0 heterocycles. The zero-order chi connectivity index (χ0) is 12.7. The summed E-state index contributed by atoms with van der Waals surface area (Å²) in [6.07, 6.45) is 2.92. The maximum absolute atomic E-state index is 11.9. The SMILES string of the molecule is CCCCC(=O)C(Cc1ccccc1)C(C)=O. The topological polar surface area (TPSA) is 34.1 Å². The van der Waals surface area contributed by atoms with Gasteiger partial charge in [-0.05, 0) is 25.3 Å². The van der Waals surface area contributed by atoms with Gasteiger partial charge in [0.05, 0.1) is 5.92 Å². The van der Waals surface area contributed by atoms with Crippen molar-refractivity contribution in [2.45, 2.75) is 39.5 Å². The van der Waals surface area contributed by atoms with E-state index in [1.54, 1.807) is 0 Å². The molecular formula is C15H20O2. The molecule has 17 heavy (non-hydrogen) atoms. The highest BCUT2D eigenvalue weighted by Gasteiger charge is 2.22. The average molecular weight is 232 g/mol. The zero-order valence-corrected chi connectivity index (χ0v) is 10.6. The predicted molar refractivity (Wildman–Crippen MR) is 68.8 cm³/mol. The number of Topliss-reactive ketones (excluding diaryl/α,β-unsaturated/α-hetero) is 2. The highest BCUT2D eigenvalue weighted by molar-refractivity contribution is 6.01. The Kier molecular flexibility index (Phi) is 5.61. The van der Waals surface area contributed by atoms with Gasteiger partial charge in [0.15, 0.2) is 0 Å². The second-order valence-corrected chi connectivity index (χ2v) is 4.42. The van der Waals surface area contributed by atoms with E-state index in [1.807, 2.05) is 37.3 Å². The number of carbonyl (C=O) groups is 2. The van der Waals surface area contributed by atoms with E-state index in [9.17, 15) is 9.59 Å². The Labute approximate surface area is 103 Å². The van der Waals surface area contributed by atoms with Gasteiger partial charge >= 0.3 is 0 Å². The molecule has 1 unspecified atom stereocenters. The number of carbonyl (C=O) groups excluding carboxylic acids is 2. The van der Waals surface area contributed by atoms with Crippen LogP contribution in [0.5, 0.6) is 0 Å². The molecule has 0 aliphatic heterocycles. The van der Waals surface area contributed by atoms with E-state index in [-0.39, 0.29) is 11.6 Å². The van der Waals surface area contributed by atoms with E-state index in [0.717, 1.165) is 18.4 Å². The van der Waals surface area contributed by atoms with Crippen LogP contribution in [0.25, 0.3) is 0 Å². The molecule has 0 N–H and O–H groups in total. The van der Waals surface area contributed by atoms with Gasteiger partial charge in [-0.1, -0.05) is 43.7 Å². The second kappa shape index (κ2) is 7.00. The molecule has 0 bridgehead atoms. The van der Waals surface area contributed by atoms with Crippen molar-refractivity contribution in [2.75, 3.05) is 0 Å². The average Bonchev–Trinajstić information content (AvgIpc) is 2.34. The first kappa shape index (κ1) is 13.6. The lowest BCUT2D eigenvalue weighted by Crippen LogP contribution is -2.24. The van der Waals surface area contributed by atoms with E-state index in [0.29, 0.717) is 12.8 Å². The van der Waals surface area contributed by atoms with Gasteiger partial charge in [0.25, 0.3) is 0 Å². The third-order valence-corrected chi connectivity index (χ3v) is 2.94. The maximum Gasteiger partial charge on any atom is 0.143 e. The van der Waals surface area contributed by atoms with E-state index < -0.39 is 5.92 Å². The standard InChI is InChI=1S/C15H20O2/c1-3-4-10-15(17)14(12(2)16)11-13-8-6-5-7-9-13/h5-9,14H,3-4,10-11H2,1-2H3. The fourth-order valence-corrected chi connectivity index (χ4v) is 1.86. The zero-order valence-electron chi connectivity index (χ0n) is 10.6. The fourth-order valence-electron chi connectivity index (χ4n) is 1.86. The van der Waals surface area contributed by atoms with Crippen molar-refractivity contribution in [2.24, 2.45) is 5.92 Å². The molecule has 0 saturated carbocycles. The Morgan fingerprint density at radius 1 is 1.18 bits per heavy atom. The van der Waals surface area contributed by atoms with E-state index >= 15 is 0 Å². The molecule has 1 aromatic rings. The lowest BCUT2D eigenvalue weighted by Gasteiger charge is -2.12. The molecule has 0 aromatic heterocycles. The molecule has 2 heteroatoms. The van der Waals surface area contributed by atoms with Gasteiger partial charge in [-0.25, -0.2) is 0 Å². The minimum Gasteiger partial charge on any atom is -0.299 e. The van der Waals surface area contributed by atoms with Crippen LogP contribution < -0.4 is 0 Å². The van der Waals surface area contributed by atoms with Gasteiger partial charge in [0.1, 0.15) is 11.6 Å². The number of unbranched alkanes of at least 4 members (excludes halogenated alkanes) is 1. The minimum absolute atomic E-state index is 0.0186. The van der Waals surface area contributed by atoms with Gasteiger partial charge in [-0.2, -0.15) is 0 Å². The highest BCUT2D eigenvalue weighted by Crippen LogP contribution is 2.14. The Balaban J connectivity index is 2.67. The number of hydrogen-bond acceptors (Lipinski definition) is 2. The lowest BCUT2D eigenvalue weighted by molar-refractivity contribution is -0.131. The molecule has 0 radical (unpaired) electrons. The molecule has 0 amide bonds. The van der Waals surface area contributed by atoms with Gasteiger partial charge in [0, 0.05) is 6.42 Å². The van der Waals surface area contributed by atoms with E-state index in [1.165, 1.54) is 6.92 Å². The summed E-state index contributed by atoms with van der Waals surface area (Å²) in [5.41, 5.74) is 1.05. The minimum atomic E-state index is -0.455. The van der Waals surface area contributed by atoms with Crippen molar-refractivity contribution in [1.82, 2.24) is 0 Å². The van der Waals surface area contributed by atoms with Gasteiger partial charge in [-0.3, -0.25) is 9.59 Å². The summed E-state index contributed by atoms with van der Waals surface area (Å²) in [5, 5.41) is 0. The summed E-state index contributed by atoms with van der Waals surface area (Å²) in [5.74, 6) is -0.387. The molecule has 1 rings (SSSR count). The third kappa shape index (κ3) is 4.51. The van der Waals surface area contributed by atoms with Crippen molar-refractivity contribution < 1.29 is 9.59 Å². The largest absolute Gasteiger partial charge is 0.299 e. The van der Waals surface area contributed by atoms with Crippen LogP contribution in [0.4, 0.5) is 0 Å². The van der Waals surface area contributed by atoms with Gasteiger partial charge in [-0.15, -0.1) is 0 Å². The number of hydrogen-bond donors (Lipinski definition) is 0. The van der Waals surface area contributed by atoms with Crippen LogP contribution in [0.2, 0.25) is 0 Å². The first-order valence-corrected chi connectivity index (χ1v) is 6.22. The maximum atomic E-state index is 11.9. The number of ketones is 2. The summed E-state index contributed by atoms with van der Waals surface area (Å²) in [6.45, 7) is 3.56. The van der Waals surface area contributed by atoms with Crippen molar-refractivity contribution in [1.29, 1.82) is 0 Å². The molecule has 0 aliphatic rings. The van der Waals surface area contributed by atoms with Crippen molar-refractivity contribution >= 4 is 11.6 Å². The summed E-state index contributed by atoms with van der Waals surface area (Å²) in [4.78, 5) is 23.5. The third-order valence-electron chi connectivity index (χ3n) is 2.94. The molecule has 1 aromatic carbocycles. The molecule has 0 fully saturated rings. The van der Waals surface area contributed by atoms with Crippen LogP contribution in [-0.2, 0) is 16.0 Å². The first-order valence-electron chi connectivity index (χ1n) is 6.22. The van der Waals surface area contributed by atoms with Crippen LogP contribution in [0, 0.1) is 5.92 Å². The summed E-state index contributed by atoms with van der Waals surface area (Å²) >= 11 is 0. The summed E-state index contributed by atoms with van der Waals surface area (Å²) < 4.78 is 0. The molecule has 1 atom stereocenters. The molecule has 0 saturated heterocycles. The van der Waals surface area contributed by atoms with Crippen molar-refractivity contribution in [3.63, 3.8) is 0 Å². The predicted octanol–water partition coefficient (Wildman–Crippen LogP) is 3.19. The smallest absolute Gasteiger partial charge is 0.143 e. The van der Waals surface area contributed by atoms with Crippen LogP contribution in [-0.4, -0.2) is 11.6 Å². The molecule has 92 valence electrons. The second-order valence-electron chi connectivity index (χ2n) is 4.42. The summed E-state index contributed by atoms with van der Waals surface area (Å²) in [7, 11) is 0.